The Morgan fingerprint density at radius 3 is 2.50 bits per heavy atom. The van der Waals surface area contributed by atoms with Crippen LogP contribution in [0.3, 0.4) is 0 Å². The molecule has 0 bridgehead atoms. The Bertz CT molecular complexity index is 1140. The van der Waals surface area contributed by atoms with Crippen LogP contribution in [-0.4, -0.2) is 28.0 Å². The molecular weight excluding hydrogens is 450 g/mol. The van der Waals surface area contributed by atoms with Crippen LogP contribution in [0.15, 0.2) is 70.1 Å². The lowest BCUT2D eigenvalue weighted by Gasteiger charge is -2.12. The molecule has 7 heteroatoms. The number of hydrogen-bond acceptors (Lipinski definition) is 5. The Balaban J connectivity index is 2.04. The minimum atomic E-state index is -0.788. The van der Waals surface area contributed by atoms with Crippen molar-refractivity contribution in [3.63, 3.8) is 0 Å². The van der Waals surface area contributed by atoms with Gasteiger partial charge in [-0.05, 0) is 43.2 Å². The van der Waals surface area contributed by atoms with Gasteiger partial charge < -0.3 is 14.4 Å². The van der Waals surface area contributed by atoms with E-state index in [1.165, 1.54) is 29.0 Å². The van der Waals surface area contributed by atoms with Gasteiger partial charge in [-0.25, -0.2) is 4.79 Å². The Morgan fingerprint density at radius 1 is 1.07 bits per heavy atom. The number of phenols is 1. The summed E-state index contributed by atoms with van der Waals surface area (Å²) in [6, 6.07) is 15.3. The van der Waals surface area contributed by atoms with E-state index in [4.69, 9.17) is 4.74 Å². The molecule has 0 fully saturated rings. The molecule has 0 aliphatic carbocycles. The zero-order chi connectivity index (χ0) is 21.7. The number of nitrogens with zero attached hydrogens (tertiary/aromatic N) is 1. The van der Waals surface area contributed by atoms with Crippen LogP contribution in [0.2, 0.25) is 0 Å². The number of aryl methyl sites for hydroxylation is 2. The monoisotopic (exact) mass is 469 g/mol. The number of hydrogen-bond donors (Lipinski definition) is 1. The smallest absolute Gasteiger partial charge is 0.343 e. The molecule has 154 valence electrons. The van der Waals surface area contributed by atoms with Gasteiger partial charge in [-0.3, -0.25) is 9.59 Å². The number of ketones is 1. The third-order valence-corrected chi connectivity index (χ3v) is 5.02. The lowest BCUT2D eigenvalue weighted by molar-refractivity contribution is 0.0523. The second kappa shape index (κ2) is 9.54. The molecule has 1 aromatic heterocycles. The number of aromatic nitrogens is 1. The van der Waals surface area contributed by atoms with Gasteiger partial charge in [0, 0.05) is 22.8 Å². The number of ether oxygens (including phenoxy) is 1. The van der Waals surface area contributed by atoms with E-state index >= 15 is 0 Å². The molecule has 0 aliphatic heterocycles. The van der Waals surface area contributed by atoms with Crippen molar-refractivity contribution >= 4 is 27.7 Å². The van der Waals surface area contributed by atoms with E-state index in [0.29, 0.717) is 10.9 Å². The summed E-state index contributed by atoms with van der Waals surface area (Å²) in [5, 5.41) is 10.1. The van der Waals surface area contributed by atoms with E-state index in [9.17, 15) is 19.5 Å². The van der Waals surface area contributed by atoms with Gasteiger partial charge >= 0.3 is 5.97 Å². The van der Waals surface area contributed by atoms with Crippen molar-refractivity contribution in [3.8, 4) is 5.75 Å². The summed E-state index contributed by atoms with van der Waals surface area (Å²) in [4.78, 5) is 38.2. The lowest BCUT2D eigenvalue weighted by atomic mass is 10.0. The summed E-state index contributed by atoms with van der Waals surface area (Å²) in [6.07, 6.45) is 1.96. The number of pyridine rings is 1. The molecule has 0 saturated heterocycles. The minimum Gasteiger partial charge on any atom is -0.507 e. The highest BCUT2D eigenvalue weighted by molar-refractivity contribution is 9.10. The van der Waals surface area contributed by atoms with E-state index < -0.39 is 17.3 Å². The number of rotatable bonds is 7. The molecule has 2 aromatic carbocycles. The Morgan fingerprint density at radius 2 is 1.80 bits per heavy atom. The average Bonchev–Trinajstić information content (AvgIpc) is 2.75. The number of carbonyl (C=O) groups is 2. The van der Waals surface area contributed by atoms with E-state index in [0.717, 1.165) is 5.56 Å². The van der Waals surface area contributed by atoms with Crippen LogP contribution in [0.25, 0.3) is 0 Å². The largest absolute Gasteiger partial charge is 0.507 e. The van der Waals surface area contributed by atoms with Crippen LogP contribution in [0.1, 0.15) is 38.8 Å². The maximum Gasteiger partial charge on any atom is 0.343 e. The molecule has 3 rings (SSSR count). The molecule has 6 nitrogen and oxygen atoms in total. The fourth-order valence-electron chi connectivity index (χ4n) is 3.02. The minimum absolute atomic E-state index is 0.0624. The van der Waals surface area contributed by atoms with E-state index in [1.807, 2.05) is 30.3 Å². The van der Waals surface area contributed by atoms with Gasteiger partial charge in [0.15, 0.2) is 5.78 Å². The molecule has 0 amide bonds. The van der Waals surface area contributed by atoms with Crippen molar-refractivity contribution in [2.24, 2.45) is 0 Å². The quantitative estimate of drug-likeness (QED) is 0.417. The summed E-state index contributed by atoms with van der Waals surface area (Å²) >= 11 is 3.28. The number of aromatic hydroxyl groups is 1. The topological polar surface area (TPSA) is 85.6 Å². The van der Waals surface area contributed by atoms with Gasteiger partial charge in [0.25, 0.3) is 5.56 Å². The Labute approximate surface area is 181 Å². The Kier molecular flexibility index (Phi) is 6.84. The fraction of sp³-hybridized carbons (Fsp3) is 0.174. The van der Waals surface area contributed by atoms with E-state index in [1.54, 1.807) is 13.0 Å². The van der Waals surface area contributed by atoms with Gasteiger partial charge in [-0.2, -0.15) is 0 Å². The first kappa shape index (κ1) is 21.5. The highest BCUT2D eigenvalue weighted by Gasteiger charge is 2.21. The third-order valence-electron chi connectivity index (χ3n) is 4.53. The molecule has 0 radical (unpaired) electrons. The van der Waals surface area contributed by atoms with Gasteiger partial charge in [0.05, 0.1) is 12.2 Å². The molecule has 0 spiro atoms. The maximum absolute atomic E-state index is 13.0. The van der Waals surface area contributed by atoms with Gasteiger partial charge in [0.2, 0.25) is 0 Å². The summed E-state index contributed by atoms with van der Waals surface area (Å²) in [6.45, 7) is 2.02. The van der Waals surface area contributed by atoms with Crippen LogP contribution in [0.5, 0.6) is 5.75 Å². The van der Waals surface area contributed by atoms with Crippen LogP contribution >= 0.6 is 15.9 Å². The predicted octanol–water partition coefficient (Wildman–Crippen LogP) is 3.97. The number of halogens is 1. The van der Waals surface area contributed by atoms with Crippen molar-refractivity contribution in [1.82, 2.24) is 4.57 Å². The number of carbonyl (C=O) groups excluding carboxylic acids is 2. The van der Waals surface area contributed by atoms with Crippen LogP contribution < -0.4 is 5.56 Å². The van der Waals surface area contributed by atoms with Crippen LogP contribution in [0, 0.1) is 0 Å². The highest BCUT2D eigenvalue weighted by Crippen LogP contribution is 2.24. The van der Waals surface area contributed by atoms with Gasteiger partial charge in [-0.1, -0.05) is 46.3 Å². The normalized spacial score (nSPS) is 10.6. The second-order valence-electron chi connectivity index (χ2n) is 6.59. The molecule has 0 saturated carbocycles. The van der Waals surface area contributed by atoms with E-state index in [2.05, 4.69) is 15.9 Å². The van der Waals surface area contributed by atoms with Crippen molar-refractivity contribution in [2.75, 3.05) is 6.61 Å². The zero-order valence-electron chi connectivity index (χ0n) is 16.3. The standard InChI is InChI=1S/C23H20BrNO5/c1-2-30-23(29)19-12-16(21(27)18-13-17(24)8-9-20(18)26)14-25(22(19)28)11-10-15-6-4-3-5-7-15/h3-9,12-14,26H,2,10-11H2,1H3. The third kappa shape index (κ3) is 4.86. The number of benzene rings is 2. The molecule has 0 unspecified atom stereocenters. The van der Waals surface area contributed by atoms with Crippen molar-refractivity contribution in [3.05, 3.63) is 97.9 Å². The zero-order valence-corrected chi connectivity index (χ0v) is 17.9. The molecule has 30 heavy (non-hydrogen) atoms. The summed E-state index contributed by atoms with van der Waals surface area (Å²) in [7, 11) is 0. The average molecular weight is 470 g/mol. The lowest BCUT2D eigenvalue weighted by Crippen LogP contribution is -2.29. The molecule has 3 aromatic rings. The predicted molar refractivity (Wildman–Crippen MR) is 116 cm³/mol. The molecule has 1 heterocycles. The summed E-state index contributed by atoms with van der Waals surface area (Å²) in [5.74, 6) is -1.49. The molecule has 1 N–H and O–H groups in total. The molecular formula is C23H20BrNO5. The first-order valence-electron chi connectivity index (χ1n) is 9.39. The van der Waals surface area contributed by atoms with Crippen molar-refractivity contribution in [2.45, 2.75) is 19.9 Å². The van der Waals surface area contributed by atoms with Crippen molar-refractivity contribution in [1.29, 1.82) is 0 Å². The maximum atomic E-state index is 13.0. The number of esters is 1. The van der Waals surface area contributed by atoms with Gasteiger partial charge in [0.1, 0.15) is 11.3 Å². The summed E-state index contributed by atoms with van der Waals surface area (Å²) in [5.41, 5.74) is 0.444. The first-order valence-corrected chi connectivity index (χ1v) is 10.2. The SMILES string of the molecule is CCOC(=O)c1cc(C(=O)c2cc(Br)ccc2O)cn(CCc2ccccc2)c1=O. The second-order valence-corrected chi connectivity index (χ2v) is 7.50. The number of phenolic OH excluding ortho intramolecular Hbond substituents is 1. The molecule has 0 atom stereocenters. The van der Waals surface area contributed by atoms with Crippen LogP contribution in [0.4, 0.5) is 0 Å². The summed E-state index contributed by atoms with van der Waals surface area (Å²) < 4.78 is 6.94. The van der Waals surface area contributed by atoms with Crippen molar-refractivity contribution < 1.29 is 19.4 Å². The first-order chi connectivity index (χ1) is 14.4. The molecule has 0 aliphatic rings. The fourth-order valence-corrected chi connectivity index (χ4v) is 3.38. The van der Waals surface area contributed by atoms with E-state index in [-0.39, 0.29) is 35.6 Å². The van der Waals surface area contributed by atoms with Gasteiger partial charge in [-0.15, -0.1) is 0 Å². The van der Waals surface area contributed by atoms with Crippen LogP contribution in [-0.2, 0) is 17.7 Å². The Hall–Kier alpha value is -3.19. The highest BCUT2D eigenvalue weighted by atomic mass is 79.9.